The molecule has 9 nitrogen and oxygen atoms in total. The van der Waals surface area contributed by atoms with E-state index >= 15 is 0 Å². The minimum atomic E-state index is -0.522. The van der Waals surface area contributed by atoms with Gasteiger partial charge in [0.25, 0.3) is 5.91 Å². The molecule has 1 aromatic carbocycles. The van der Waals surface area contributed by atoms with Crippen LogP contribution in [0, 0.1) is 5.92 Å². The minimum Gasteiger partial charge on any atom is -0.455 e. The highest BCUT2D eigenvalue weighted by Gasteiger charge is 2.27. The van der Waals surface area contributed by atoms with Crippen LogP contribution in [0.4, 0.5) is 11.5 Å². The Morgan fingerprint density at radius 3 is 2.59 bits per heavy atom. The van der Waals surface area contributed by atoms with E-state index in [-0.39, 0.29) is 18.5 Å². The number of hydrogen-bond acceptors (Lipinski definition) is 7. The smallest absolute Gasteiger partial charge is 0.309 e. The number of amides is 2. The third-order valence-corrected chi connectivity index (χ3v) is 5.45. The number of carbonyl (C=O) groups excluding carboxylic acids is 3. The second-order valence-electron chi connectivity index (χ2n) is 7.56. The monoisotopic (exact) mass is 433 g/mol. The van der Waals surface area contributed by atoms with Crippen molar-refractivity contribution in [2.24, 2.45) is 11.7 Å². The van der Waals surface area contributed by atoms with Crippen LogP contribution in [-0.4, -0.2) is 47.4 Å². The summed E-state index contributed by atoms with van der Waals surface area (Å²) in [6.07, 6.45) is 4.32. The summed E-state index contributed by atoms with van der Waals surface area (Å²) in [5.74, 6) is -0.842. The normalized spacial score (nSPS) is 14.2. The lowest BCUT2D eigenvalue weighted by atomic mass is 9.97. The van der Waals surface area contributed by atoms with E-state index < -0.39 is 11.8 Å². The van der Waals surface area contributed by atoms with Gasteiger partial charge in [-0.05, 0) is 49.2 Å². The zero-order valence-corrected chi connectivity index (χ0v) is 17.4. The average molecular weight is 433 g/mol. The molecule has 1 fully saturated rings. The molecule has 9 heteroatoms. The first-order chi connectivity index (χ1) is 15.5. The Kier molecular flexibility index (Phi) is 6.25. The second kappa shape index (κ2) is 9.42. The second-order valence-corrected chi connectivity index (χ2v) is 7.56. The van der Waals surface area contributed by atoms with E-state index in [1.807, 2.05) is 17.0 Å². The molecule has 1 saturated heterocycles. The van der Waals surface area contributed by atoms with Crippen molar-refractivity contribution in [3.05, 3.63) is 60.4 Å². The van der Waals surface area contributed by atoms with E-state index in [2.05, 4.69) is 15.3 Å². The Morgan fingerprint density at radius 2 is 1.88 bits per heavy atom. The Bertz CT molecular complexity index is 1140. The lowest BCUT2D eigenvalue weighted by Crippen LogP contribution is -2.38. The zero-order valence-electron chi connectivity index (χ0n) is 17.4. The fourth-order valence-corrected chi connectivity index (χ4v) is 3.72. The quantitative estimate of drug-likeness (QED) is 0.570. The predicted molar refractivity (Wildman–Crippen MR) is 119 cm³/mol. The maximum Gasteiger partial charge on any atom is 0.309 e. The first-order valence-corrected chi connectivity index (χ1v) is 10.3. The van der Waals surface area contributed by atoms with Crippen molar-refractivity contribution in [1.29, 1.82) is 0 Å². The van der Waals surface area contributed by atoms with Crippen LogP contribution in [0.1, 0.15) is 23.2 Å². The molecule has 0 saturated carbocycles. The van der Waals surface area contributed by atoms with Gasteiger partial charge >= 0.3 is 5.97 Å². The molecule has 3 heterocycles. The summed E-state index contributed by atoms with van der Waals surface area (Å²) in [5.41, 5.74) is 6.98. The predicted octanol–water partition coefficient (Wildman–Crippen LogP) is 2.13. The molecule has 32 heavy (non-hydrogen) atoms. The number of pyridine rings is 2. The Hall–Kier alpha value is -4.01. The summed E-state index contributed by atoms with van der Waals surface area (Å²) in [7, 11) is 0. The van der Waals surface area contributed by atoms with Crippen molar-refractivity contribution < 1.29 is 19.1 Å². The molecule has 1 aliphatic heterocycles. The van der Waals surface area contributed by atoms with Crippen LogP contribution < -0.4 is 16.0 Å². The van der Waals surface area contributed by atoms with Gasteiger partial charge in [0.2, 0.25) is 5.91 Å². The summed E-state index contributed by atoms with van der Waals surface area (Å²) in [5, 5.41) is 3.60. The van der Waals surface area contributed by atoms with Gasteiger partial charge in [0, 0.05) is 30.9 Å². The van der Waals surface area contributed by atoms with Crippen LogP contribution in [0.5, 0.6) is 0 Å². The molecule has 0 atom stereocenters. The van der Waals surface area contributed by atoms with Gasteiger partial charge in [-0.25, -0.2) is 4.98 Å². The fourth-order valence-electron chi connectivity index (χ4n) is 3.72. The number of nitrogens with one attached hydrogen (secondary N) is 1. The fraction of sp³-hybridized carbons (Fsp3) is 0.261. The largest absolute Gasteiger partial charge is 0.455 e. The standard InChI is InChI=1S/C23H23N5O4/c24-22(30)16-6-7-20(26-13-16)28-11-8-15(9-12-28)23(31)32-14-21(29)27-19-5-1-4-18-17(19)3-2-10-25-18/h1-7,10,13,15H,8-9,11-12,14H2,(H2,24,30)(H,27,29). The number of fused-ring (bicyclic) bond motifs is 1. The summed E-state index contributed by atoms with van der Waals surface area (Å²) in [4.78, 5) is 46.5. The molecule has 4 rings (SSSR count). The number of primary amides is 1. The van der Waals surface area contributed by atoms with E-state index in [0.717, 1.165) is 16.7 Å². The van der Waals surface area contributed by atoms with Gasteiger partial charge in [-0.2, -0.15) is 0 Å². The van der Waals surface area contributed by atoms with Gasteiger partial charge in [-0.15, -0.1) is 0 Å². The van der Waals surface area contributed by atoms with Gasteiger partial charge in [0.05, 0.1) is 22.7 Å². The summed E-state index contributed by atoms with van der Waals surface area (Å²) in [6.45, 7) is 0.904. The first-order valence-electron chi connectivity index (χ1n) is 10.3. The van der Waals surface area contributed by atoms with Gasteiger partial charge in [-0.3, -0.25) is 19.4 Å². The number of anilines is 2. The number of nitrogens with two attached hydrogens (primary N) is 1. The summed E-state index contributed by atoms with van der Waals surface area (Å²) in [6, 6.07) is 12.5. The maximum absolute atomic E-state index is 12.4. The molecule has 0 radical (unpaired) electrons. The lowest BCUT2D eigenvalue weighted by molar-refractivity contribution is -0.152. The summed E-state index contributed by atoms with van der Waals surface area (Å²) < 4.78 is 5.26. The number of hydrogen-bond donors (Lipinski definition) is 2. The molecular formula is C23H23N5O4. The van der Waals surface area contributed by atoms with Crippen LogP contribution in [0.2, 0.25) is 0 Å². The molecule has 0 aliphatic carbocycles. The first kappa shape index (κ1) is 21.2. The molecule has 3 N–H and O–H groups in total. The van der Waals surface area contributed by atoms with Crippen molar-refractivity contribution >= 4 is 40.2 Å². The molecule has 3 aromatic rings. The van der Waals surface area contributed by atoms with Crippen molar-refractivity contribution in [1.82, 2.24) is 9.97 Å². The maximum atomic E-state index is 12.4. The Morgan fingerprint density at radius 1 is 1.06 bits per heavy atom. The van der Waals surface area contributed by atoms with Crippen molar-refractivity contribution in [3.8, 4) is 0 Å². The number of ether oxygens (including phenoxy) is 1. The van der Waals surface area contributed by atoms with Crippen molar-refractivity contribution in [2.45, 2.75) is 12.8 Å². The number of esters is 1. The molecule has 164 valence electrons. The molecule has 2 aromatic heterocycles. The van der Waals surface area contributed by atoms with Gasteiger partial charge in [0.15, 0.2) is 6.61 Å². The summed E-state index contributed by atoms with van der Waals surface area (Å²) >= 11 is 0. The highest BCUT2D eigenvalue weighted by molar-refractivity contribution is 6.01. The molecular weight excluding hydrogens is 410 g/mol. The van der Waals surface area contributed by atoms with Crippen LogP contribution in [0.3, 0.4) is 0 Å². The SMILES string of the molecule is NC(=O)c1ccc(N2CCC(C(=O)OCC(=O)Nc3cccc4ncccc34)CC2)nc1. The van der Waals surface area contributed by atoms with Crippen LogP contribution in [0.25, 0.3) is 10.9 Å². The number of benzene rings is 1. The third kappa shape index (κ3) is 4.83. The van der Waals surface area contributed by atoms with E-state index in [1.54, 1.807) is 36.5 Å². The van der Waals surface area contributed by atoms with Crippen molar-refractivity contribution in [2.75, 3.05) is 29.9 Å². The Labute approximate surface area is 184 Å². The van der Waals surface area contributed by atoms with Gasteiger partial charge in [-0.1, -0.05) is 6.07 Å². The van der Waals surface area contributed by atoms with Crippen LogP contribution in [-0.2, 0) is 14.3 Å². The van der Waals surface area contributed by atoms with E-state index in [4.69, 9.17) is 10.5 Å². The van der Waals surface area contributed by atoms with E-state index in [0.29, 0.717) is 37.2 Å². The highest BCUT2D eigenvalue weighted by Crippen LogP contribution is 2.24. The van der Waals surface area contributed by atoms with Gasteiger partial charge < -0.3 is 20.7 Å². The van der Waals surface area contributed by atoms with E-state index in [1.165, 1.54) is 6.20 Å². The molecule has 1 aliphatic rings. The minimum absolute atomic E-state index is 0.273. The topological polar surface area (TPSA) is 128 Å². The lowest BCUT2D eigenvalue weighted by Gasteiger charge is -2.31. The van der Waals surface area contributed by atoms with Crippen LogP contribution in [0.15, 0.2) is 54.9 Å². The number of piperidine rings is 1. The van der Waals surface area contributed by atoms with Crippen LogP contribution >= 0.6 is 0 Å². The molecule has 0 spiro atoms. The number of carbonyl (C=O) groups is 3. The molecule has 0 bridgehead atoms. The number of nitrogens with zero attached hydrogens (tertiary/aromatic N) is 3. The molecule has 2 amide bonds. The number of aromatic nitrogens is 2. The average Bonchev–Trinajstić information content (AvgIpc) is 2.83. The molecule has 0 unspecified atom stereocenters. The van der Waals surface area contributed by atoms with E-state index in [9.17, 15) is 14.4 Å². The third-order valence-electron chi connectivity index (χ3n) is 5.45. The zero-order chi connectivity index (χ0) is 22.5. The van der Waals surface area contributed by atoms with Gasteiger partial charge in [0.1, 0.15) is 5.82 Å². The Balaban J connectivity index is 1.26. The highest BCUT2D eigenvalue weighted by atomic mass is 16.5. The number of rotatable bonds is 6. The van der Waals surface area contributed by atoms with Crippen molar-refractivity contribution in [3.63, 3.8) is 0 Å².